The van der Waals surface area contributed by atoms with Gasteiger partial charge in [-0.2, -0.15) is 5.26 Å². The quantitative estimate of drug-likeness (QED) is 0.380. The lowest BCUT2D eigenvalue weighted by molar-refractivity contribution is -0.161. The summed E-state index contributed by atoms with van der Waals surface area (Å²) in [6.07, 6.45) is 1.66. The van der Waals surface area contributed by atoms with Crippen molar-refractivity contribution in [2.24, 2.45) is 0 Å². The standard InChI is InChI=1S/C23H20ClN7O5/c1-13-9-14(12-25)10-15(21(32)26-2)19(13)28-22(33)17-11-18(35-36-23(34)30-7-4-8-30)29-31(17)20-16(24)5-3-6-27-20/h3,5-6,9-11H,4,7-8H2,1-2H3,(H,26,32)(H,28,33). The normalized spacial score (nSPS) is 12.2. The zero-order chi connectivity index (χ0) is 25.8. The fourth-order valence-electron chi connectivity index (χ4n) is 3.40. The number of nitriles is 1. The lowest BCUT2D eigenvalue weighted by Crippen LogP contribution is -2.42. The van der Waals surface area contributed by atoms with E-state index < -0.39 is 17.9 Å². The third-order valence-corrected chi connectivity index (χ3v) is 5.64. The van der Waals surface area contributed by atoms with E-state index in [1.165, 1.54) is 30.3 Å². The molecule has 0 saturated carbocycles. The van der Waals surface area contributed by atoms with E-state index in [4.69, 9.17) is 21.4 Å². The second-order valence-electron chi connectivity index (χ2n) is 7.72. The number of pyridine rings is 1. The van der Waals surface area contributed by atoms with Gasteiger partial charge in [-0.1, -0.05) is 11.6 Å². The minimum atomic E-state index is -0.689. The Morgan fingerprint density at radius 1 is 1.19 bits per heavy atom. The molecular formula is C23H20ClN7O5. The number of halogens is 1. The van der Waals surface area contributed by atoms with Gasteiger partial charge < -0.3 is 15.5 Å². The summed E-state index contributed by atoms with van der Waals surface area (Å²) in [5.74, 6) is -1.25. The van der Waals surface area contributed by atoms with Crippen LogP contribution in [0.3, 0.4) is 0 Å². The molecule has 3 heterocycles. The van der Waals surface area contributed by atoms with E-state index in [1.807, 2.05) is 6.07 Å². The van der Waals surface area contributed by atoms with Crippen LogP contribution in [0.2, 0.25) is 5.02 Å². The highest BCUT2D eigenvalue weighted by Crippen LogP contribution is 2.26. The predicted octanol–water partition coefficient (Wildman–Crippen LogP) is 2.85. The van der Waals surface area contributed by atoms with Crippen molar-refractivity contribution < 1.29 is 24.2 Å². The maximum Gasteiger partial charge on any atom is 0.452 e. The number of hydrogen-bond acceptors (Lipinski definition) is 8. The van der Waals surface area contributed by atoms with Crippen LogP contribution in [0.4, 0.5) is 10.5 Å². The monoisotopic (exact) mass is 509 g/mol. The first kappa shape index (κ1) is 24.5. The number of carbonyl (C=O) groups is 3. The van der Waals surface area contributed by atoms with Gasteiger partial charge in [0.1, 0.15) is 5.69 Å². The minimum Gasteiger partial charge on any atom is -0.355 e. The summed E-state index contributed by atoms with van der Waals surface area (Å²) in [5, 5.41) is 18.8. The number of aromatic nitrogens is 3. The third-order valence-electron chi connectivity index (χ3n) is 5.35. The Morgan fingerprint density at radius 3 is 2.61 bits per heavy atom. The van der Waals surface area contributed by atoms with Crippen molar-refractivity contribution in [2.75, 3.05) is 25.5 Å². The molecule has 184 valence electrons. The smallest absolute Gasteiger partial charge is 0.355 e. The average molecular weight is 510 g/mol. The Balaban J connectivity index is 1.69. The number of hydrogen-bond donors (Lipinski definition) is 2. The van der Waals surface area contributed by atoms with Crippen LogP contribution >= 0.6 is 11.6 Å². The molecule has 0 spiro atoms. The van der Waals surface area contributed by atoms with Gasteiger partial charge in [0, 0.05) is 32.4 Å². The van der Waals surface area contributed by atoms with Crippen LogP contribution in [0.1, 0.15) is 38.4 Å². The Morgan fingerprint density at radius 2 is 1.97 bits per heavy atom. The summed E-state index contributed by atoms with van der Waals surface area (Å²) >= 11 is 6.27. The molecule has 2 N–H and O–H groups in total. The van der Waals surface area contributed by atoms with Crippen molar-refractivity contribution >= 4 is 35.2 Å². The predicted molar refractivity (Wildman–Crippen MR) is 127 cm³/mol. The number of likely N-dealkylation sites (tertiary alicyclic amines) is 1. The number of rotatable bonds is 6. The largest absolute Gasteiger partial charge is 0.452 e. The van der Waals surface area contributed by atoms with Gasteiger partial charge in [-0.3, -0.25) is 14.5 Å². The van der Waals surface area contributed by atoms with Crippen LogP contribution in [0.15, 0.2) is 36.5 Å². The zero-order valence-corrected chi connectivity index (χ0v) is 20.0. The first-order chi connectivity index (χ1) is 17.3. The molecule has 1 aliphatic rings. The van der Waals surface area contributed by atoms with Gasteiger partial charge in [0.2, 0.25) is 0 Å². The molecule has 1 aromatic carbocycles. The number of anilines is 1. The summed E-state index contributed by atoms with van der Waals surface area (Å²) in [7, 11) is 1.44. The molecule has 2 aromatic heterocycles. The van der Waals surface area contributed by atoms with Crippen molar-refractivity contribution in [1.82, 2.24) is 25.0 Å². The first-order valence-electron chi connectivity index (χ1n) is 10.7. The van der Waals surface area contributed by atoms with Crippen LogP contribution in [0, 0.1) is 18.3 Å². The van der Waals surface area contributed by atoms with Crippen molar-refractivity contribution in [1.29, 1.82) is 5.26 Å². The maximum absolute atomic E-state index is 13.4. The molecule has 0 aliphatic carbocycles. The Kier molecular flexibility index (Phi) is 7.03. The number of aryl methyl sites for hydroxylation is 1. The summed E-state index contributed by atoms with van der Waals surface area (Å²) in [4.78, 5) is 53.3. The van der Waals surface area contributed by atoms with Crippen LogP contribution in [-0.2, 0) is 4.89 Å². The van der Waals surface area contributed by atoms with Gasteiger partial charge in [-0.05, 0) is 43.2 Å². The molecule has 0 unspecified atom stereocenters. The molecule has 3 aromatic rings. The van der Waals surface area contributed by atoms with E-state index in [9.17, 15) is 19.6 Å². The van der Waals surface area contributed by atoms with Gasteiger partial charge >= 0.3 is 6.09 Å². The van der Waals surface area contributed by atoms with Crippen LogP contribution in [-0.4, -0.2) is 57.7 Å². The fraction of sp³-hybridized carbons (Fsp3) is 0.217. The molecule has 0 bridgehead atoms. The number of carbonyl (C=O) groups excluding carboxylic acids is 3. The SMILES string of the molecule is CNC(=O)c1cc(C#N)cc(C)c1NC(=O)c1cc(OOC(=O)N2CCC2)nn1-c1ncccc1Cl. The highest BCUT2D eigenvalue weighted by Gasteiger charge is 2.26. The molecule has 3 amide bonds. The van der Waals surface area contributed by atoms with Crippen LogP contribution < -0.4 is 15.5 Å². The molecule has 36 heavy (non-hydrogen) atoms. The molecule has 12 nitrogen and oxygen atoms in total. The molecule has 1 aliphatic heterocycles. The third kappa shape index (κ3) is 4.91. The van der Waals surface area contributed by atoms with Crippen LogP contribution in [0.5, 0.6) is 5.88 Å². The molecular weight excluding hydrogens is 490 g/mol. The van der Waals surface area contributed by atoms with Crippen molar-refractivity contribution in [3.8, 4) is 17.8 Å². The summed E-state index contributed by atoms with van der Waals surface area (Å²) < 4.78 is 1.13. The fourth-order valence-corrected chi connectivity index (χ4v) is 3.60. The van der Waals surface area contributed by atoms with Gasteiger partial charge in [0.25, 0.3) is 17.7 Å². The van der Waals surface area contributed by atoms with Gasteiger partial charge in [-0.25, -0.2) is 19.3 Å². The lowest BCUT2D eigenvalue weighted by atomic mass is 10.0. The summed E-state index contributed by atoms with van der Waals surface area (Å²) in [6, 6.07) is 9.31. The van der Waals surface area contributed by atoms with Gasteiger partial charge in [0.15, 0.2) is 5.82 Å². The van der Waals surface area contributed by atoms with E-state index >= 15 is 0 Å². The van der Waals surface area contributed by atoms with E-state index in [1.54, 1.807) is 25.1 Å². The van der Waals surface area contributed by atoms with Crippen molar-refractivity contribution in [3.63, 3.8) is 0 Å². The average Bonchev–Trinajstić information content (AvgIpc) is 3.26. The Hall–Kier alpha value is -4.63. The first-order valence-corrected chi connectivity index (χ1v) is 11.1. The molecule has 4 rings (SSSR count). The van der Waals surface area contributed by atoms with E-state index in [2.05, 4.69) is 20.7 Å². The second kappa shape index (κ2) is 10.3. The molecule has 0 radical (unpaired) electrons. The zero-order valence-electron chi connectivity index (χ0n) is 19.2. The minimum absolute atomic E-state index is 0.0720. The van der Waals surface area contributed by atoms with Gasteiger partial charge in [0.05, 0.1) is 27.9 Å². The van der Waals surface area contributed by atoms with Gasteiger partial charge in [-0.15, -0.1) is 5.10 Å². The topological polar surface area (TPSA) is 151 Å². The number of nitrogens with zero attached hydrogens (tertiary/aromatic N) is 5. The molecule has 1 fully saturated rings. The van der Waals surface area contributed by atoms with E-state index in [-0.39, 0.29) is 39.2 Å². The van der Waals surface area contributed by atoms with E-state index in [0.717, 1.165) is 11.1 Å². The van der Waals surface area contributed by atoms with Crippen LogP contribution in [0.25, 0.3) is 5.82 Å². The maximum atomic E-state index is 13.4. The van der Waals surface area contributed by atoms with Crippen molar-refractivity contribution in [2.45, 2.75) is 13.3 Å². The second-order valence-corrected chi connectivity index (χ2v) is 8.13. The summed E-state index contributed by atoms with van der Waals surface area (Å²) in [5.41, 5.74) is 0.975. The molecule has 1 saturated heterocycles. The molecule has 13 heteroatoms. The van der Waals surface area contributed by atoms with Crippen molar-refractivity contribution in [3.05, 3.63) is 63.9 Å². The Bertz CT molecular complexity index is 1390. The number of benzene rings is 1. The lowest BCUT2D eigenvalue weighted by Gasteiger charge is -2.28. The number of amides is 3. The summed E-state index contributed by atoms with van der Waals surface area (Å²) in [6.45, 7) is 2.77. The Labute approximate surface area is 210 Å². The highest BCUT2D eigenvalue weighted by molar-refractivity contribution is 6.32. The number of nitrogens with one attached hydrogen (secondary N) is 2. The highest BCUT2D eigenvalue weighted by atomic mass is 35.5. The molecule has 0 atom stereocenters. The van der Waals surface area contributed by atoms with E-state index in [0.29, 0.717) is 18.7 Å².